The molecule has 3 aromatic heterocycles. The lowest BCUT2D eigenvalue weighted by molar-refractivity contribution is 0.380. The van der Waals surface area contributed by atoms with Gasteiger partial charge in [-0.15, -0.1) is 23.1 Å². The Kier molecular flexibility index (Phi) is 7.14. The molecule has 6 aromatic rings. The van der Waals surface area contributed by atoms with Gasteiger partial charge in [0, 0.05) is 16.5 Å². The number of H-pyrrole nitrogens is 1. The molecule has 6 rings (SSSR count). The molecule has 0 radical (unpaired) electrons. The molecule has 11 heteroatoms. The van der Waals surface area contributed by atoms with Gasteiger partial charge in [-0.05, 0) is 42.8 Å². The third kappa shape index (κ3) is 5.25. The fourth-order valence-corrected chi connectivity index (χ4v) is 5.80. The number of hydrogen-bond donors (Lipinski definition) is 1. The summed E-state index contributed by atoms with van der Waals surface area (Å²) in [4.78, 5) is 25.5. The van der Waals surface area contributed by atoms with Gasteiger partial charge in [-0.2, -0.15) is 4.98 Å². The normalized spacial score (nSPS) is 12.1. The standard InChI is InChI=1S/C29H20F2N4O3S2/c1-16(39-15-24-32-27(36)25-19(14-40-29(25)33-24)17-7-3-2-4-8-17)28-34-26(35-38-28)18-11-12-23(21(31)13-18)37-22-10-6-5-9-20(22)30/h2-14,16H,15H2,1H3,(H,32,33,36). The SMILES string of the molecule is CC(SCc1nc2scc(-c3ccccc3)c2c(=O)[nH]1)c1nc(-c2ccc(Oc3ccccc3F)c(F)c2)no1. The highest BCUT2D eigenvalue weighted by Gasteiger charge is 2.19. The molecule has 3 heterocycles. The minimum atomic E-state index is -0.691. The molecule has 0 spiro atoms. The van der Waals surface area contributed by atoms with Crippen molar-refractivity contribution in [1.29, 1.82) is 0 Å². The van der Waals surface area contributed by atoms with E-state index in [4.69, 9.17) is 9.26 Å². The van der Waals surface area contributed by atoms with Crippen LogP contribution in [0.1, 0.15) is 23.9 Å². The van der Waals surface area contributed by atoms with Crippen LogP contribution in [0.4, 0.5) is 8.78 Å². The third-order valence-electron chi connectivity index (χ3n) is 6.08. The number of thioether (sulfide) groups is 1. The third-order valence-corrected chi connectivity index (χ3v) is 8.10. The van der Waals surface area contributed by atoms with E-state index >= 15 is 0 Å². The number of ether oxygens (including phenoxy) is 1. The highest BCUT2D eigenvalue weighted by molar-refractivity contribution is 7.98. The van der Waals surface area contributed by atoms with Crippen LogP contribution in [0, 0.1) is 11.6 Å². The van der Waals surface area contributed by atoms with Crippen LogP contribution in [-0.4, -0.2) is 20.1 Å². The molecular formula is C29H20F2N4O3S2. The van der Waals surface area contributed by atoms with E-state index < -0.39 is 11.6 Å². The number of nitrogens with zero attached hydrogens (tertiary/aromatic N) is 3. The molecule has 1 atom stereocenters. The quantitative estimate of drug-likeness (QED) is 0.198. The first kappa shape index (κ1) is 25.9. The van der Waals surface area contributed by atoms with Crippen LogP contribution in [0.2, 0.25) is 0 Å². The molecule has 0 saturated carbocycles. The summed E-state index contributed by atoms with van der Waals surface area (Å²) in [7, 11) is 0. The van der Waals surface area contributed by atoms with Gasteiger partial charge in [0.05, 0.1) is 16.4 Å². The number of fused-ring (bicyclic) bond motifs is 1. The lowest BCUT2D eigenvalue weighted by Gasteiger charge is -2.08. The molecule has 0 fully saturated rings. The van der Waals surface area contributed by atoms with E-state index in [1.54, 1.807) is 12.1 Å². The number of hydrogen-bond acceptors (Lipinski definition) is 8. The molecule has 0 aliphatic rings. The maximum atomic E-state index is 14.7. The molecular weight excluding hydrogens is 554 g/mol. The monoisotopic (exact) mass is 574 g/mol. The Morgan fingerprint density at radius 3 is 2.55 bits per heavy atom. The van der Waals surface area contributed by atoms with Gasteiger partial charge in [0.2, 0.25) is 11.7 Å². The Morgan fingerprint density at radius 2 is 1.75 bits per heavy atom. The topological polar surface area (TPSA) is 93.9 Å². The van der Waals surface area contributed by atoms with Gasteiger partial charge in [0.1, 0.15) is 10.7 Å². The second-order valence-electron chi connectivity index (χ2n) is 8.80. The second kappa shape index (κ2) is 11.0. The van der Waals surface area contributed by atoms with Crippen molar-refractivity contribution in [3.8, 4) is 34.0 Å². The van der Waals surface area contributed by atoms with Gasteiger partial charge in [0.15, 0.2) is 23.1 Å². The average molecular weight is 575 g/mol. The molecule has 3 aromatic carbocycles. The Balaban J connectivity index is 1.14. The lowest BCUT2D eigenvalue weighted by Crippen LogP contribution is -2.11. The number of benzene rings is 3. The van der Waals surface area contributed by atoms with Gasteiger partial charge in [-0.25, -0.2) is 13.8 Å². The molecule has 0 aliphatic heterocycles. The zero-order chi connectivity index (χ0) is 27.6. The molecule has 0 bridgehead atoms. The van der Waals surface area contributed by atoms with Gasteiger partial charge in [-0.3, -0.25) is 4.79 Å². The predicted octanol–water partition coefficient (Wildman–Crippen LogP) is 7.77. The van der Waals surface area contributed by atoms with Crippen LogP contribution in [0.3, 0.4) is 0 Å². The van der Waals surface area contributed by atoms with E-state index in [1.807, 2.05) is 42.6 Å². The van der Waals surface area contributed by atoms with E-state index in [1.165, 1.54) is 53.4 Å². The summed E-state index contributed by atoms with van der Waals surface area (Å²) in [6, 6.07) is 19.7. The summed E-state index contributed by atoms with van der Waals surface area (Å²) >= 11 is 2.90. The Morgan fingerprint density at radius 1 is 0.975 bits per heavy atom. The maximum Gasteiger partial charge on any atom is 0.260 e. The molecule has 40 heavy (non-hydrogen) atoms. The largest absolute Gasteiger partial charge is 0.451 e. The van der Waals surface area contributed by atoms with E-state index in [0.717, 1.165) is 11.1 Å². The van der Waals surface area contributed by atoms with Crippen molar-refractivity contribution >= 4 is 33.3 Å². The molecule has 7 nitrogen and oxygen atoms in total. The van der Waals surface area contributed by atoms with Crippen molar-refractivity contribution in [2.24, 2.45) is 0 Å². The number of para-hydroxylation sites is 1. The first-order chi connectivity index (χ1) is 19.5. The zero-order valence-electron chi connectivity index (χ0n) is 20.9. The summed E-state index contributed by atoms with van der Waals surface area (Å²) in [5, 5.41) is 6.28. The van der Waals surface area contributed by atoms with Crippen molar-refractivity contribution in [3.63, 3.8) is 0 Å². The fourth-order valence-electron chi connectivity index (χ4n) is 4.05. The summed E-state index contributed by atoms with van der Waals surface area (Å²) < 4.78 is 39.3. The molecule has 0 amide bonds. The summed E-state index contributed by atoms with van der Waals surface area (Å²) in [5.74, 6) is 0.0315. The summed E-state index contributed by atoms with van der Waals surface area (Å²) in [5.41, 5.74) is 2.03. The Labute approximate surface area is 234 Å². The number of nitrogens with one attached hydrogen (secondary N) is 1. The highest BCUT2D eigenvalue weighted by atomic mass is 32.2. The van der Waals surface area contributed by atoms with Crippen LogP contribution in [-0.2, 0) is 5.75 Å². The molecule has 0 aliphatic carbocycles. The zero-order valence-corrected chi connectivity index (χ0v) is 22.6. The maximum absolute atomic E-state index is 14.7. The average Bonchev–Trinajstić information content (AvgIpc) is 3.63. The van der Waals surface area contributed by atoms with Gasteiger partial charge >= 0.3 is 0 Å². The van der Waals surface area contributed by atoms with Crippen molar-refractivity contribution in [1.82, 2.24) is 20.1 Å². The number of halogens is 2. The minimum absolute atomic E-state index is 0.0763. The summed E-state index contributed by atoms with van der Waals surface area (Å²) in [6.07, 6.45) is 0. The highest BCUT2D eigenvalue weighted by Crippen LogP contribution is 2.34. The first-order valence-electron chi connectivity index (χ1n) is 12.2. The van der Waals surface area contributed by atoms with Crippen molar-refractivity contribution in [2.75, 3.05) is 0 Å². The van der Waals surface area contributed by atoms with E-state index in [2.05, 4.69) is 20.1 Å². The van der Waals surface area contributed by atoms with Crippen LogP contribution >= 0.6 is 23.1 Å². The molecule has 0 saturated heterocycles. The predicted molar refractivity (Wildman–Crippen MR) is 152 cm³/mol. The number of aromatic amines is 1. The number of rotatable bonds is 8. The van der Waals surface area contributed by atoms with Crippen LogP contribution < -0.4 is 10.3 Å². The summed E-state index contributed by atoms with van der Waals surface area (Å²) in [6.45, 7) is 1.89. The minimum Gasteiger partial charge on any atom is -0.451 e. The molecule has 200 valence electrons. The van der Waals surface area contributed by atoms with Crippen molar-refractivity contribution in [3.05, 3.63) is 112 Å². The molecule has 1 N–H and O–H groups in total. The second-order valence-corrected chi connectivity index (χ2v) is 11.0. The van der Waals surface area contributed by atoms with Gasteiger partial charge in [0.25, 0.3) is 5.56 Å². The molecule has 1 unspecified atom stereocenters. The van der Waals surface area contributed by atoms with Gasteiger partial charge in [-0.1, -0.05) is 47.6 Å². The van der Waals surface area contributed by atoms with Gasteiger partial charge < -0.3 is 14.2 Å². The van der Waals surface area contributed by atoms with Crippen molar-refractivity contribution in [2.45, 2.75) is 17.9 Å². The Bertz CT molecular complexity index is 1870. The van der Waals surface area contributed by atoms with E-state index in [0.29, 0.717) is 33.2 Å². The van der Waals surface area contributed by atoms with E-state index in [-0.39, 0.29) is 28.1 Å². The van der Waals surface area contributed by atoms with Crippen LogP contribution in [0.15, 0.2) is 87.5 Å². The van der Waals surface area contributed by atoms with Crippen LogP contribution in [0.25, 0.3) is 32.7 Å². The van der Waals surface area contributed by atoms with Crippen molar-refractivity contribution < 1.29 is 18.0 Å². The number of thiophene rings is 1. The lowest BCUT2D eigenvalue weighted by atomic mass is 10.1. The smallest absolute Gasteiger partial charge is 0.260 e. The number of aromatic nitrogens is 4. The fraction of sp³-hybridized carbons (Fsp3) is 0.103. The Hall–Kier alpha value is -4.35. The van der Waals surface area contributed by atoms with E-state index in [9.17, 15) is 13.6 Å². The first-order valence-corrected chi connectivity index (χ1v) is 14.1. The van der Waals surface area contributed by atoms with Crippen LogP contribution in [0.5, 0.6) is 11.5 Å².